The van der Waals surface area contributed by atoms with Gasteiger partial charge < -0.3 is 16.0 Å². The fourth-order valence-corrected chi connectivity index (χ4v) is 3.24. The SMILES string of the molecule is CC1CC(CN)(C(=O)NCCCN(C)c2ccccc2)C1. The van der Waals surface area contributed by atoms with Crippen LogP contribution in [0.5, 0.6) is 0 Å². The summed E-state index contributed by atoms with van der Waals surface area (Å²) in [6.07, 6.45) is 2.80. The molecule has 1 aromatic rings. The minimum absolute atomic E-state index is 0.144. The number of carbonyl (C=O) groups is 1. The zero-order chi connectivity index (χ0) is 15.3. The Bertz CT molecular complexity index is 454. The molecular formula is C17H27N3O. The second-order valence-corrected chi connectivity index (χ2v) is 6.36. The number of hydrogen-bond donors (Lipinski definition) is 2. The molecule has 0 saturated heterocycles. The van der Waals surface area contributed by atoms with Crippen molar-refractivity contribution in [1.29, 1.82) is 0 Å². The zero-order valence-corrected chi connectivity index (χ0v) is 13.1. The average molecular weight is 289 g/mol. The van der Waals surface area contributed by atoms with Gasteiger partial charge in [0, 0.05) is 32.4 Å². The molecule has 2 rings (SSSR count). The quantitative estimate of drug-likeness (QED) is 0.755. The number of hydrogen-bond acceptors (Lipinski definition) is 3. The molecule has 1 saturated carbocycles. The van der Waals surface area contributed by atoms with E-state index in [1.807, 2.05) is 18.2 Å². The maximum atomic E-state index is 12.2. The van der Waals surface area contributed by atoms with E-state index in [9.17, 15) is 4.79 Å². The van der Waals surface area contributed by atoms with Crippen LogP contribution in [0.15, 0.2) is 30.3 Å². The van der Waals surface area contributed by atoms with Gasteiger partial charge in [-0.1, -0.05) is 25.1 Å². The van der Waals surface area contributed by atoms with Crippen LogP contribution >= 0.6 is 0 Å². The lowest BCUT2D eigenvalue weighted by Crippen LogP contribution is -2.53. The van der Waals surface area contributed by atoms with Crippen LogP contribution < -0.4 is 16.0 Å². The molecule has 1 fully saturated rings. The van der Waals surface area contributed by atoms with E-state index >= 15 is 0 Å². The smallest absolute Gasteiger partial charge is 0.227 e. The van der Waals surface area contributed by atoms with Gasteiger partial charge in [0.05, 0.1) is 5.41 Å². The van der Waals surface area contributed by atoms with Gasteiger partial charge in [-0.25, -0.2) is 0 Å². The summed E-state index contributed by atoms with van der Waals surface area (Å²) in [5, 5.41) is 3.06. The number of rotatable bonds is 7. The van der Waals surface area contributed by atoms with E-state index in [4.69, 9.17) is 5.73 Å². The van der Waals surface area contributed by atoms with Crippen LogP contribution in [0.1, 0.15) is 26.2 Å². The van der Waals surface area contributed by atoms with E-state index in [0.29, 0.717) is 19.0 Å². The Morgan fingerprint density at radius 2 is 2.05 bits per heavy atom. The molecule has 0 spiro atoms. The maximum Gasteiger partial charge on any atom is 0.227 e. The van der Waals surface area contributed by atoms with Crippen LogP contribution in [-0.4, -0.2) is 32.6 Å². The first-order chi connectivity index (χ1) is 10.1. The molecule has 0 bridgehead atoms. The third kappa shape index (κ3) is 3.76. The number of carbonyl (C=O) groups excluding carboxylic acids is 1. The van der Waals surface area contributed by atoms with Gasteiger partial charge in [0.25, 0.3) is 0 Å². The Labute approximate surface area is 127 Å². The minimum atomic E-state index is -0.287. The lowest BCUT2D eigenvalue weighted by molar-refractivity contribution is -0.138. The highest BCUT2D eigenvalue weighted by Crippen LogP contribution is 2.44. The molecule has 0 atom stereocenters. The second kappa shape index (κ2) is 6.94. The monoisotopic (exact) mass is 289 g/mol. The highest BCUT2D eigenvalue weighted by atomic mass is 16.2. The summed E-state index contributed by atoms with van der Waals surface area (Å²) in [7, 11) is 2.08. The molecule has 1 aliphatic carbocycles. The van der Waals surface area contributed by atoms with E-state index in [2.05, 4.69) is 36.3 Å². The van der Waals surface area contributed by atoms with Crippen LogP contribution in [0, 0.1) is 11.3 Å². The number of nitrogens with one attached hydrogen (secondary N) is 1. The molecule has 0 unspecified atom stereocenters. The highest BCUT2D eigenvalue weighted by molar-refractivity contribution is 5.83. The van der Waals surface area contributed by atoms with Gasteiger partial charge in [-0.3, -0.25) is 4.79 Å². The third-order valence-corrected chi connectivity index (χ3v) is 4.50. The molecule has 0 radical (unpaired) electrons. The van der Waals surface area contributed by atoms with Crippen molar-refractivity contribution in [3.8, 4) is 0 Å². The first-order valence-corrected chi connectivity index (χ1v) is 7.82. The van der Waals surface area contributed by atoms with E-state index in [1.165, 1.54) is 5.69 Å². The Morgan fingerprint density at radius 1 is 1.38 bits per heavy atom. The van der Waals surface area contributed by atoms with E-state index in [0.717, 1.165) is 25.8 Å². The number of amides is 1. The predicted molar refractivity (Wildman–Crippen MR) is 87.2 cm³/mol. The van der Waals surface area contributed by atoms with Crippen molar-refractivity contribution in [3.63, 3.8) is 0 Å². The summed E-state index contributed by atoms with van der Waals surface area (Å²) in [5.41, 5.74) is 6.71. The van der Waals surface area contributed by atoms with Crippen molar-refractivity contribution >= 4 is 11.6 Å². The number of nitrogens with zero attached hydrogens (tertiary/aromatic N) is 1. The molecule has 1 amide bonds. The van der Waals surface area contributed by atoms with Gasteiger partial charge in [0.2, 0.25) is 5.91 Å². The Balaban J connectivity index is 1.69. The van der Waals surface area contributed by atoms with Crippen LogP contribution in [0.25, 0.3) is 0 Å². The molecule has 0 aromatic heterocycles. The van der Waals surface area contributed by atoms with Crippen molar-refractivity contribution < 1.29 is 4.79 Å². The Morgan fingerprint density at radius 3 is 2.62 bits per heavy atom. The van der Waals surface area contributed by atoms with Crippen LogP contribution in [0.3, 0.4) is 0 Å². The van der Waals surface area contributed by atoms with Gasteiger partial charge >= 0.3 is 0 Å². The molecule has 21 heavy (non-hydrogen) atoms. The van der Waals surface area contributed by atoms with Crippen molar-refractivity contribution in [3.05, 3.63) is 30.3 Å². The van der Waals surface area contributed by atoms with Gasteiger partial charge in [0.1, 0.15) is 0 Å². The average Bonchev–Trinajstić information content (AvgIpc) is 2.48. The van der Waals surface area contributed by atoms with Gasteiger partial charge in [0.15, 0.2) is 0 Å². The molecule has 4 heteroatoms. The maximum absolute atomic E-state index is 12.2. The normalized spacial score (nSPS) is 24.2. The molecule has 1 aliphatic rings. The molecular weight excluding hydrogens is 262 g/mol. The van der Waals surface area contributed by atoms with E-state index < -0.39 is 0 Å². The summed E-state index contributed by atoms with van der Waals surface area (Å²) >= 11 is 0. The zero-order valence-electron chi connectivity index (χ0n) is 13.1. The number of anilines is 1. The molecule has 4 nitrogen and oxygen atoms in total. The van der Waals surface area contributed by atoms with Crippen LogP contribution in [-0.2, 0) is 4.79 Å². The number of benzene rings is 1. The van der Waals surface area contributed by atoms with Crippen LogP contribution in [0.2, 0.25) is 0 Å². The summed E-state index contributed by atoms with van der Waals surface area (Å²) < 4.78 is 0. The lowest BCUT2D eigenvalue weighted by Gasteiger charge is -2.44. The van der Waals surface area contributed by atoms with Crippen molar-refractivity contribution in [1.82, 2.24) is 5.32 Å². The van der Waals surface area contributed by atoms with Crippen molar-refractivity contribution in [2.75, 3.05) is 31.6 Å². The first kappa shape index (κ1) is 15.8. The molecule has 1 aromatic carbocycles. The van der Waals surface area contributed by atoms with Gasteiger partial charge in [-0.2, -0.15) is 0 Å². The number of nitrogens with two attached hydrogens (primary N) is 1. The Kier molecular flexibility index (Phi) is 5.23. The predicted octanol–water partition coefficient (Wildman–Crippen LogP) is 2.00. The summed E-state index contributed by atoms with van der Waals surface area (Å²) in [6.45, 7) is 4.28. The van der Waals surface area contributed by atoms with Crippen molar-refractivity contribution in [2.24, 2.45) is 17.1 Å². The Hall–Kier alpha value is -1.55. The topological polar surface area (TPSA) is 58.4 Å². The largest absolute Gasteiger partial charge is 0.375 e. The van der Waals surface area contributed by atoms with E-state index in [-0.39, 0.29) is 11.3 Å². The fourth-order valence-electron chi connectivity index (χ4n) is 3.24. The molecule has 116 valence electrons. The summed E-state index contributed by atoms with van der Waals surface area (Å²) in [6, 6.07) is 10.3. The van der Waals surface area contributed by atoms with Gasteiger partial charge in [-0.15, -0.1) is 0 Å². The second-order valence-electron chi connectivity index (χ2n) is 6.36. The molecule has 0 aliphatic heterocycles. The summed E-state index contributed by atoms with van der Waals surface area (Å²) in [5.74, 6) is 0.772. The first-order valence-electron chi connectivity index (χ1n) is 7.82. The number of para-hydroxylation sites is 1. The van der Waals surface area contributed by atoms with Crippen molar-refractivity contribution in [2.45, 2.75) is 26.2 Å². The standard InChI is InChI=1S/C17H27N3O/c1-14-11-17(12-14,13-18)16(21)19-9-6-10-20(2)15-7-4-3-5-8-15/h3-5,7-8,14H,6,9-13,18H2,1-2H3,(H,19,21). The molecule has 0 heterocycles. The van der Waals surface area contributed by atoms with E-state index in [1.54, 1.807) is 0 Å². The molecule has 3 N–H and O–H groups in total. The van der Waals surface area contributed by atoms with Crippen LogP contribution in [0.4, 0.5) is 5.69 Å². The summed E-state index contributed by atoms with van der Waals surface area (Å²) in [4.78, 5) is 14.4. The lowest BCUT2D eigenvalue weighted by atomic mass is 9.62. The third-order valence-electron chi connectivity index (χ3n) is 4.50. The minimum Gasteiger partial charge on any atom is -0.375 e. The van der Waals surface area contributed by atoms with Gasteiger partial charge in [-0.05, 0) is 37.3 Å². The highest BCUT2D eigenvalue weighted by Gasteiger charge is 2.46. The fraction of sp³-hybridized carbons (Fsp3) is 0.588.